The lowest BCUT2D eigenvalue weighted by atomic mass is 10.3. The average Bonchev–Trinajstić information content (AvgIpc) is 2.82. The molecule has 0 bridgehead atoms. The van der Waals surface area contributed by atoms with Gasteiger partial charge < -0.3 is 5.11 Å². The van der Waals surface area contributed by atoms with Crippen molar-refractivity contribution >= 4 is 23.3 Å². The Balaban J connectivity index is 2.02. The summed E-state index contributed by atoms with van der Waals surface area (Å²) in [6, 6.07) is 6.99. The van der Waals surface area contributed by atoms with E-state index in [0.29, 0.717) is 11.4 Å². The molecule has 0 saturated carbocycles. The molecule has 1 aromatic heterocycles. The molecule has 0 amide bonds. The van der Waals surface area contributed by atoms with E-state index >= 15 is 0 Å². The second-order valence-electron chi connectivity index (χ2n) is 4.94. The third kappa shape index (κ3) is 4.70. The van der Waals surface area contributed by atoms with E-state index in [4.69, 9.17) is 5.11 Å². The van der Waals surface area contributed by atoms with Crippen LogP contribution in [-0.2, 0) is 18.9 Å². The van der Waals surface area contributed by atoms with E-state index in [1.807, 2.05) is 35.6 Å². The summed E-state index contributed by atoms with van der Waals surface area (Å²) in [6.45, 7) is -0.205. The number of aliphatic carboxylic acids is 1. The molecule has 0 spiro atoms. The number of hydrogen-bond acceptors (Lipinski definition) is 5. The Kier molecular flexibility index (Phi) is 5.13. The normalized spacial score (nSPS) is 11.4. The van der Waals surface area contributed by atoms with Crippen molar-refractivity contribution in [2.45, 2.75) is 0 Å². The van der Waals surface area contributed by atoms with Gasteiger partial charge in [-0.05, 0) is 24.3 Å². The summed E-state index contributed by atoms with van der Waals surface area (Å²) in [5.41, 5.74) is 1.29. The quantitative estimate of drug-likeness (QED) is 0.502. The number of carbonyl (C=O) groups is 1. The molecule has 0 unspecified atom stereocenters. The summed E-state index contributed by atoms with van der Waals surface area (Å²) in [7, 11) is 5.33. The van der Waals surface area contributed by atoms with E-state index in [-0.39, 0.29) is 6.54 Å². The van der Waals surface area contributed by atoms with E-state index in [1.54, 1.807) is 31.3 Å². The number of aryl methyl sites for hydroxylation is 2. The molecule has 23 heavy (non-hydrogen) atoms. The van der Waals surface area contributed by atoms with Crippen LogP contribution in [0.25, 0.3) is 0 Å². The van der Waals surface area contributed by atoms with Crippen molar-refractivity contribution in [1.29, 1.82) is 0 Å². The first-order chi connectivity index (χ1) is 11.0. The van der Waals surface area contributed by atoms with Crippen molar-refractivity contribution < 1.29 is 14.5 Å². The SMILES string of the molecule is CN(CC(=O)O)N=Nc1ccc(N=Nc2n(C)cc[n+]2C)cc1. The highest BCUT2D eigenvalue weighted by Gasteiger charge is 2.10. The highest BCUT2D eigenvalue weighted by Crippen LogP contribution is 2.20. The molecular weight excluding hydrogens is 298 g/mol. The molecule has 0 aliphatic heterocycles. The minimum atomic E-state index is -0.962. The van der Waals surface area contributed by atoms with E-state index in [9.17, 15) is 4.79 Å². The number of rotatable bonds is 6. The van der Waals surface area contributed by atoms with Gasteiger partial charge >= 0.3 is 11.9 Å². The van der Waals surface area contributed by atoms with E-state index in [1.165, 1.54) is 5.01 Å². The minimum absolute atomic E-state index is 0.205. The van der Waals surface area contributed by atoms with Crippen LogP contribution in [0.1, 0.15) is 0 Å². The molecule has 0 saturated heterocycles. The number of imidazole rings is 1. The Bertz CT molecular complexity index is 715. The Labute approximate surface area is 133 Å². The van der Waals surface area contributed by atoms with Crippen LogP contribution in [-0.4, -0.2) is 34.2 Å². The fourth-order valence-electron chi connectivity index (χ4n) is 1.77. The van der Waals surface area contributed by atoms with Gasteiger partial charge in [-0.1, -0.05) is 10.3 Å². The largest absolute Gasteiger partial charge is 0.480 e. The molecule has 9 heteroatoms. The lowest BCUT2D eigenvalue weighted by Crippen LogP contribution is -2.25. The van der Waals surface area contributed by atoms with Gasteiger partial charge in [0.2, 0.25) is 0 Å². The maximum absolute atomic E-state index is 10.5. The topological polar surface area (TPSA) is 98.8 Å². The van der Waals surface area contributed by atoms with Crippen LogP contribution in [0.15, 0.2) is 57.2 Å². The zero-order valence-electron chi connectivity index (χ0n) is 13.2. The Hall–Kier alpha value is -3.10. The molecule has 1 heterocycles. The first-order valence-electron chi connectivity index (χ1n) is 6.83. The van der Waals surface area contributed by atoms with Crippen molar-refractivity contribution in [3.8, 4) is 0 Å². The predicted octanol–water partition coefficient (Wildman–Crippen LogP) is 2.28. The lowest BCUT2D eigenvalue weighted by Gasteiger charge is -2.06. The molecule has 0 atom stereocenters. The van der Waals surface area contributed by atoms with E-state index in [0.717, 1.165) is 5.95 Å². The first-order valence-corrected chi connectivity index (χ1v) is 6.83. The molecule has 2 aromatic rings. The molecule has 0 aliphatic rings. The van der Waals surface area contributed by atoms with Crippen LogP contribution in [0.5, 0.6) is 0 Å². The van der Waals surface area contributed by atoms with Gasteiger partial charge in [0.1, 0.15) is 12.2 Å². The molecule has 1 N–H and O–H groups in total. The third-order valence-corrected chi connectivity index (χ3v) is 2.93. The molecule has 1 aromatic carbocycles. The summed E-state index contributed by atoms with van der Waals surface area (Å²) in [5, 5.41) is 26.0. The molecule has 9 nitrogen and oxygen atoms in total. The number of carboxylic acids is 1. The molecular formula is C14H18N7O2+. The smallest absolute Gasteiger partial charge is 0.421 e. The van der Waals surface area contributed by atoms with Gasteiger partial charge in [0, 0.05) is 12.2 Å². The Morgan fingerprint density at radius 3 is 2.35 bits per heavy atom. The van der Waals surface area contributed by atoms with Crippen LogP contribution >= 0.6 is 0 Å². The number of likely N-dealkylation sites (N-methyl/N-ethyl adjacent to an activating group) is 1. The summed E-state index contributed by atoms with van der Waals surface area (Å²) in [4.78, 5) is 10.5. The zero-order valence-corrected chi connectivity index (χ0v) is 13.2. The van der Waals surface area contributed by atoms with Gasteiger partial charge in [-0.15, -0.1) is 5.11 Å². The van der Waals surface area contributed by atoms with Crippen molar-refractivity contribution in [2.75, 3.05) is 13.6 Å². The number of hydrogen-bond donors (Lipinski definition) is 1. The van der Waals surface area contributed by atoms with Crippen LogP contribution in [0.3, 0.4) is 0 Å². The first kappa shape index (κ1) is 16.3. The Morgan fingerprint density at radius 2 is 1.83 bits per heavy atom. The van der Waals surface area contributed by atoms with Crippen LogP contribution in [0, 0.1) is 0 Å². The maximum Gasteiger partial charge on any atom is 0.421 e. The van der Waals surface area contributed by atoms with Gasteiger partial charge in [0.05, 0.1) is 32.2 Å². The molecule has 0 fully saturated rings. The molecule has 0 radical (unpaired) electrons. The Morgan fingerprint density at radius 1 is 1.22 bits per heavy atom. The van der Waals surface area contributed by atoms with Crippen LogP contribution in [0.2, 0.25) is 0 Å². The number of aromatic nitrogens is 2. The number of azo groups is 1. The zero-order chi connectivity index (χ0) is 16.8. The van der Waals surface area contributed by atoms with Crippen molar-refractivity contribution in [3.63, 3.8) is 0 Å². The number of benzene rings is 1. The lowest BCUT2D eigenvalue weighted by molar-refractivity contribution is -0.657. The maximum atomic E-state index is 10.5. The fraction of sp³-hybridized carbons (Fsp3) is 0.286. The van der Waals surface area contributed by atoms with Crippen molar-refractivity contribution in [3.05, 3.63) is 36.7 Å². The van der Waals surface area contributed by atoms with Gasteiger partial charge in [0.15, 0.2) is 0 Å². The second-order valence-corrected chi connectivity index (χ2v) is 4.94. The van der Waals surface area contributed by atoms with Crippen molar-refractivity contribution in [2.24, 2.45) is 34.7 Å². The second kappa shape index (κ2) is 7.25. The van der Waals surface area contributed by atoms with Crippen LogP contribution in [0.4, 0.5) is 17.3 Å². The van der Waals surface area contributed by atoms with E-state index < -0.39 is 5.97 Å². The van der Waals surface area contributed by atoms with Crippen molar-refractivity contribution in [1.82, 2.24) is 9.58 Å². The summed E-state index contributed by atoms with van der Waals surface area (Å²) in [6.07, 6.45) is 3.79. The monoisotopic (exact) mass is 316 g/mol. The molecule has 0 aliphatic carbocycles. The van der Waals surface area contributed by atoms with Gasteiger partial charge in [-0.25, -0.2) is 9.13 Å². The fourth-order valence-corrected chi connectivity index (χ4v) is 1.77. The van der Waals surface area contributed by atoms with Gasteiger partial charge in [0.25, 0.3) is 0 Å². The average molecular weight is 316 g/mol. The minimum Gasteiger partial charge on any atom is -0.480 e. The number of carboxylic acid groups (broad SMARTS) is 1. The van der Waals surface area contributed by atoms with Gasteiger partial charge in [-0.2, -0.15) is 0 Å². The summed E-state index contributed by atoms with van der Waals surface area (Å²) >= 11 is 0. The van der Waals surface area contributed by atoms with Crippen LogP contribution < -0.4 is 4.57 Å². The molecule has 2 rings (SSSR count). The van der Waals surface area contributed by atoms with Gasteiger partial charge in [-0.3, -0.25) is 9.80 Å². The standard InChI is InChI=1S/C14H17N7O2/c1-19-8-9-20(2)14(19)17-15-11-4-6-12(7-5-11)16-18-21(3)10-13(22)23/h4-9H,10H2,1-3H3/p+1. The highest BCUT2D eigenvalue weighted by molar-refractivity contribution is 5.68. The third-order valence-electron chi connectivity index (χ3n) is 2.93. The summed E-state index contributed by atoms with van der Waals surface area (Å²) in [5.74, 6) is -0.236. The highest BCUT2D eigenvalue weighted by atomic mass is 16.4. The van der Waals surface area contributed by atoms with E-state index in [2.05, 4.69) is 20.6 Å². The molecule has 120 valence electrons. The number of nitrogens with zero attached hydrogens (tertiary/aromatic N) is 7. The predicted molar refractivity (Wildman–Crippen MR) is 82.0 cm³/mol. The summed E-state index contributed by atoms with van der Waals surface area (Å²) < 4.78 is 3.73.